The Morgan fingerprint density at radius 3 is 3.04 bits per heavy atom. The molecule has 3 aromatic rings. The number of anilines is 1. The highest BCUT2D eigenvalue weighted by Gasteiger charge is 2.25. The van der Waals surface area contributed by atoms with Gasteiger partial charge in [-0.05, 0) is 40.0 Å². The second kappa shape index (κ2) is 7.27. The van der Waals surface area contributed by atoms with E-state index in [2.05, 4.69) is 37.3 Å². The van der Waals surface area contributed by atoms with Gasteiger partial charge in [0, 0.05) is 43.3 Å². The SMILES string of the molecule is Cn1cc(CNc2sc3c(c2C#N)CCN(Cc2ccc(Br)o2)C3)cn1. The Hall–Kier alpha value is -2.08. The standard InChI is InChI=1S/C18H18BrN5OS/c1-23-9-12(8-22-23)7-21-18-15(6-20)14-4-5-24(11-16(14)26-18)10-13-2-3-17(19)25-13/h2-3,8-9,21H,4-5,7,10-11H2,1H3. The number of nitrogens with one attached hydrogen (secondary N) is 1. The van der Waals surface area contributed by atoms with Crippen LogP contribution in [0.1, 0.15) is 27.3 Å². The van der Waals surface area contributed by atoms with Crippen molar-refractivity contribution in [1.29, 1.82) is 5.26 Å². The van der Waals surface area contributed by atoms with Crippen molar-refractivity contribution >= 4 is 32.3 Å². The average molecular weight is 432 g/mol. The molecule has 0 saturated carbocycles. The summed E-state index contributed by atoms with van der Waals surface area (Å²) >= 11 is 5.04. The molecule has 4 rings (SSSR count). The van der Waals surface area contributed by atoms with E-state index in [9.17, 15) is 5.26 Å². The van der Waals surface area contributed by atoms with Gasteiger partial charge in [-0.3, -0.25) is 9.58 Å². The number of fused-ring (bicyclic) bond motifs is 1. The molecule has 6 nitrogen and oxygen atoms in total. The van der Waals surface area contributed by atoms with Crippen molar-refractivity contribution in [2.24, 2.45) is 7.05 Å². The van der Waals surface area contributed by atoms with E-state index in [1.54, 1.807) is 16.0 Å². The fraction of sp³-hybridized carbons (Fsp3) is 0.333. The predicted octanol–water partition coefficient (Wildman–Crippen LogP) is 3.88. The van der Waals surface area contributed by atoms with Crippen LogP contribution in [0.2, 0.25) is 0 Å². The van der Waals surface area contributed by atoms with Gasteiger partial charge < -0.3 is 9.73 Å². The third-order valence-electron chi connectivity index (χ3n) is 4.47. The van der Waals surface area contributed by atoms with Crippen molar-refractivity contribution in [3.8, 4) is 6.07 Å². The molecule has 8 heteroatoms. The second-order valence-electron chi connectivity index (χ2n) is 6.36. The molecule has 1 N–H and O–H groups in total. The molecule has 26 heavy (non-hydrogen) atoms. The van der Waals surface area contributed by atoms with Gasteiger partial charge in [0.2, 0.25) is 0 Å². The molecule has 0 radical (unpaired) electrons. The van der Waals surface area contributed by atoms with Gasteiger partial charge in [-0.1, -0.05) is 0 Å². The molecule has 0 atom stereocenters. The number of furan rings is 1. The maximum Gasteiger partial charge on any atom is 0.169 e. The Balaban J connectivity index is 1.48. The third kappa shape index (κ3) is 3.56. The maximum atomic E-state index is 9.63. The van der Waals surface area contributed by atoms with Gasteiger partial charge in [0.25, 0.3) is 0 Å². The van der Waals surface area contributed by atoms with Crippen LogP contribution in [-0.2, 0) is 33.1 Å². The lowest BCUT2D eigenvalue weighted by Crippen LogP contribution is -2.29. The van der Waals surface area contributed by atoms with E-state index in [-0.39, 0.29) is 0 Å². The van der Waals surface area contributed by atoms with Crippen LogP contribution in [0.5, 0.6) is 0 Å². The zero-order chi connectivity index (χ0) is 18.1. The number of aromatic nitrogens is 2. The van der Waals surface area contributed by atoms with E-state index in [4.69, 9.17) is 4.42 Å². The summed E-state index contributed by atoms with van der Waals surface area (Å²) < 4.78 is 8.16. The van der Waals surface area contributed by atoms with Gasteiger partial charge in [-0.25, -0.2) is 0 Å². The molecule has 0 unspecified atom stereocenters. The monoisotopic (exact) mass is 431 g/mol. The van der Waals surface area contributed by atoms with Gasteiger partial charge in [0.05, 0.1) is 18.3 Å². The zero-order valence-corrected chi connectivity index (χ0v) is 16.7. The summed E-state index contributed by atoms with van der Waals surface area (Å²) in [6.07, 6.45) is 4.72. The number of rotatable bonds is 5. The summed E-state index contributed by atoms with van der Waals surface area (Å²) in [5.41, 5.74) is 3.10. The summed E-state index contributed by atoms with van der Waals surface area (Å²) in [7, 11) is 1.90. The van der Waals surface area contributed by atoms with Crippen molar-refractivity contribution < 1.29 is 4.42 Å². The largest absolute Gasteiger partial charge is 0.453 e. The highest BCUT2D eigenvalue weighted by molar-refractivity contribution is 9.10. The van der Waals surface area contributed by atoms with Gasteiger partial charge in [0.15, 0.2) is 4.67 Å². The molecule has 3 aromatic heterocycles. The molecule has 134 valence electrons. The van der Waals surface area contributed by atoms with E-state index in [0.717, 1.165) is 52.6 Å². The fourth-order valence-electron chi connectivity index (χ4n) is 3.24. The molecule has 1 aliphatic heterocycles. The first-order chi connectivity index (χ1) is 12.6. The highest BCUT2D eigenvalue weighted by Crippen LogP contribution is 2.37. The number of thiophene rings is 1. The first-order valence-corrected chi connectivity index (χ1v) is 9.96. The molecular weight excluding hydrogens is 414 g/mol. The summed E-state index contributed by atoms with van der Waals surface area (Å²) in [5, 5.41) is 18.2. The molecule has 0 spiro atoms. The van der Waals surface area contributed by atoms with Crippen molar-refractivity contribution in [2.75, 3.05) is 11.9 Å². The van der Waals surface area contributed by atoms with Crippen molar-refractivity contribution in [3.05, 3.63) is 56.5 Å². The molecule has 0 aliphatic carbocycles. The molecule has 0 aromatic carbocycles. The van der Waals surface area contributed by atoms with Crippen LogP contribution >= 0.6 is 27.3 Å². The second-order valence-corrected chi connectivity index (χ2v) is 8.25. The van der Waals surface area contributed by atoms with E-state index in [1.807, 2.05) is 31.6 Å². The lowest BCUT2D eigenvalue weighted by Gasteiger charge is -2.25. The topological polar surface area (TPSA) is 70.0 Å². The highest BCUT2D eigenvalue weighted by atomic mass is 79.9. The van der Waals surface area contributed by atoms with Crippen LogP contribution in [-0.4, -0.2) is 21.2 Å². The Morgan fingerprint density at radius 1 is 1.46 bits per heavy atom. The Morgan fingerprint density at radius 2 is 2.35 bits per heavy atom. The van der Waals surface area contributed by atoms with Crippen LogP contribution in [0.15, 0.2) is 33.6 Å². The molecule has 0 amide bonds. The van der Waals surface area contributed by atoms with Gasteiger partial charge >= 0.3 is 0 Å². The lowest BCUT2D eigenvalue weighted by molar-refractivity contribution is 0.227. The molecule has 1 aliphatic rings. The van der Waals surface area contributed by atoms with Crippen LogP contribution < -0.4 is 5.32 Å². The molecule has 4 heterocycles. The van der Waals surface area contributed by atoms with Gasteiger partial charge in [-0.2, -0.15) is 10.4 Å². The minimum Gasteiger partial charge on any atom is -0.453 e. The first kappa shape index (κ1) is 17.3. The average Bonchev–Trinajstić information content (AvgIpc) is 3.31. The molecular formula is C18H18BrN5OS. The maximum absolute atomic E-state index is 9.63. The molecule has 0 bridgehead atoms. The Kier molecular flexibility index (Phi) is 4.85. The van der Waals surface area contributed by atoms with E-state index in [1.165, 1.54) is 10.4 Å². The quantitative estimate of drug-likeness (QED) is 0.663. The summed E-state index contributed by atoms with van der Waals surface area (Å²) in [4.78, 5) is 3.63. The number of halogens is 1. The van der Waals surface area contributed by atoms with Gasteiger partial charge in [-0.15, -0.1) is 11.3 Å². The fourth-order valence-corrected chi connectivity index (χ4v) is 4.81. The number of aryl methyl sites for hydroxylation is 1. The third-order valence-corrected chi connectivity index (χ3v) is 6.07. The van der Waals surface area contributed by atoms with Crippen LogP contribution in [0.25, 0.3) is 0 Å². The van der Waals surface area contributed by atoms with E-state index >= 15 is 0 Å². The summed E-state index contributed by atoms with van der Waals surface area (Å²) in [6.45, 7) is 3.23. The molecule has 0 saturated heterocycles. The van der Waals surface area contributed by atoms with Crippen molar-refractivity contribution in [2.45, 2.75) is 26.1 Å². The van der Waals surface area contributed by atoms with Crippen LogP contribution in [0.4, 0.5) is 5.00 Å². The van der Waals surface area contributed by atoms with E-state index < -0.39 is 0 Å². The predicted molar refractivity (Wildman–Crippen MR) is 104 cm³/mol. The number of hydrogen-bond donors (Lipinski definition) is 1. The number of nitriles is 1. The summed E-state index contributed by atoms with van der Waals surface area (Å²) in [5.74, 6) is 0.951. The van der Waals surface area contributed by atoms with E-state index in [0.29, 0.717) is 6.54 Å². The van der Waals surface area contributed by atoms with Crippen LogP contribution in [0.3, 0.4) is 0 Å². The van der Waals surface area contributed by atoms with Gasteiger partial charge in [0.1, 0.15) is 16.8 Å². The van der Waals surface area contributed by atoms with Crippen LogP contribution in [0, 0.1) is 11.3 Å². The lowest BCUT2D eigenvalue weighted by atomic mass is 10.0. The Bertz CT molecular complexity index is 967. The van der Waals surface area contributed by atoms with Crippen molar-refractivity contribution in [1.82, 2.24) is 14.7 Å². The van der Waals surface area contributed by atoms with Crippen molar-refractivity contribution in [3.63, 3.8) is 0 Å². The summed E-state index contributed by atoms with van der Waals surface area (Å²) in [6, 6.07) is 6.31. The molecule has 0 fully saturated rings. The first-order valence-electron chi connectivity index (χ1n) is 8.35. The Labute approximate surface area is 164 Å². The number of nitrogens with zero attached hydrogens (tertiary/aromatic N) is 4. The minimum atomic E-state index is 0.673. The zero-order valence-electron chi connectivity index (χ0n) is 14.3. The number of hydrogen-bond acceptors (Lipinski definition) is 6. The smallest absolute Gasteiger partial charge is 0.169 e. The minimum absolute atomic E-state index is 0.673. The normalized spacial score (nSPS) is 14.2.